The van der Waals surface area contributed by atoms with Crippen molar-refractivity contribution in [1.82, 2.24) is 10.3 Å². The van der Waals surface area contributed by atoms with Crippen LogP contribution in [-0.4, -0.2) is 30.3 Å². The van der Waals surface area contributed by atoms with Gasteiger partial charge in [-0.15, -0.1) is 5.11 Å². The summed E-state index contributed by atoms with van der Waals surface area (Å²) >= 11 is 3.64. The van der Waals surface area contributed by atoms with Gasteiger partial charge < -0.3 is 5.32 Å². The molecule has 0 amide bonds. The van der Waals surface area contributed by atoms with Crippen LogP contribution in [0.25, 0.3) is 0 Å². The lowest BCUT2D eigenvalue weighted by molar-refractivity contribution is -0.0887. The van der Waals surface area contributed by atoms with E-state index < -0.39 is 11.7 Å². The highest BCUT2D eigenvalue weighted by molar-refractivity contribution is 9.11. The summed E-state index contributed by atoms with van der Waals surface area (Å²) < 4.78 is 39.8. The number of hydrogen-bond acceptors (Lipinski definition) is 4. The maximum Gasteiger partial charge on any atom is 0.416 e. The van der Waals surface area contributed by atoms with Crippen LogP contribution in [0.3, 0.4) is 0 Å². The zero-order valence-corrected chi connectivity index (χ0v) is 18.0. The van der Waals surface area contributed by atoms with Crippen molar-refractivity contribution in [2.45, 2.75) is 58.7 Å². The Hall–Kier alpha value is -1.41. The molecule has 0 aromatic rings. The van der Waals surface area contributed by atoms with Crippen molar-refractivity contribution in [3.63, 3.8) is 0 Å². The van der Waals surface area contributed by atoms with E-state index in [4.69, 9.17) is 0 Å². The van der Waals surface area contributed by atoms with E-state index in [1.807, 2.05) is 5.01 Å². The summed E-state index contributed by atoms with van der Waals surface area (Å²) in [4.78, 5) is 0. The number of rotatable bonds is 4. The van der Waals surface area contributed by atoms with Gasteiger partial charge in [0.25, 0.3) is 0 Å². The number of fused-ring (bicyclic) bond motifs is 2. The Bertz CT molecular complexity index is 769. The molecule has 0 spiro atoms. The third-order valence-electron chi connectivity index (χ3n) is 4.84. The predicted octanol–water partition coefficient (Wildman–Crippen LogP) is 6.17. The molecule has 0 aromatic heterocycles. The van der Waals surface area contributed by atoms with Crippen molar-refractivity contribution in [1.29, 1.82) is 0 Å². The molecule has 1 atom stereocenters. The van der Waals surface area contributed by atoms with E-state index >= 15 is 0 Å². The molecule has 28 heavy (non-hydrogen) atoms. The molecule has 1 unspecified atom stereocenters. The summed E-state index contributed by atoms with van der Waals surface area (Å²) in [7, 11) is 0. The number of alkyl halides is 3. The summed E-state index contributed by atoms with van der Waals surface area (Å²) in [5.41, 5.74) is 2.33. The Kier molecular flexibility index (Phi) is 6.20. The molecule has 1 N–H and O–H groups in total. The lowest BCUT2D eigenvalue weighted by Gasteiger charge is -2.30. The maximum absolute atomic E-state index is 12.9. The zero-order valence-electron chi connectivity index (χ0n) is 16.4. The van der Waals surface area contributed by atoms with Crippen molar-refractivity contribution in [2.24, 2.45) is 15.8 Å². The lowest BCUT2D eigenvalue weighted by Crippen LogP contribution is -2.31. The second-order valence-electron chi connectivity index (χ2n) is 8.64. The molecule has 4 nitrogen and oxygen atoms in total. The molecule has 3 aliphatic rings. The van der Waals surface area contributed by atoms with Crippen LogP contribution in [0.1, 0.15) is 46.5 Å². The summed E-state index contributed by atoms with van der Waals surface area (Å²) in [6, 6.07) is -0.0258. The normalized spacial score (nSPS) is 23.3. The first-order chi connectivity index (χ1) is 13.0. The molecule has 0 saturated heterocycles. The van der Waals surface area contributed by atoms with Crippen LogP contribution < -0.4 is 5.32 Å². The molecule has 0 fully saturated rings. The lowest BCUT2D eigenvalue weighted by atomic mass is 9.96. The van der Waals surface area contributed by atoms with E-state index in [0.29, 0.717) is 25.8 Å². The summed E-state index contributed by atoms with van der Waals surface area (Å²) in [5.74, 6) is 0. The number of hydrogen-bond donors (Lipinski definition) is 1. The fourth-order valence-corrected chi connectivity index (χ4v) is 4.01. The first kappa shape index (κ1) is 21.3. The quantitative estimate of drug-likeness (QED) is 0.547. The second kappa shape index (κ2) is 8.14. The molecular weight excluding hydrogens is 433 g/mol. The predicted molar refractivity (Wildman–Crippen MR) is 108 cm³/mol. The van der Waals surface area contributed by atoms with E-state index in [1.54, 1.807) is 0 Å². The van der Waals surface area contributed by atoms with E-state index in [1.165, 1.54) is 12.2 Å². The summed E-state index contributed by atoms with van der Waals surface area (Å²) in [5, 5.41) is 14.1. The second-order valence-corrected chi connectivity index (χ2v) is 9.50. The number of nitrogens with one attached hydrogen (secondary N) is 1. The zero-order chi connectivity index (χ0) is 20.5. The van der Waals surface area contributed by atoms with Crippen LogP contribution in [0.15, 0.2) is 55.6 Å². The molecule has 2 aliphatic carbocycles. The molecule has 0 radical (unpaired) electrons. The van der Waals surface area contributed by atoms with E-state index in [9.17, 15) is 13.2 Å². The number of halogens is 4. The van der Waals surface area contributed by atoms with Crippen molar-refractivity contribution in [2.75, 3.05) is 13.1 Å². The molecule has 8 heteroatoms. The Morgan fingerprint density at radius 2 is 2.00 bits per heavy atom. The highest BCUT2D eigenvalue weighted by atomic mass is 79.9. The minimum absolute atomic E-state index is 0.0258. The smallest absolute Gasteiger partial charge is 0.305 e. The van der Waals surface area contributed by atoms with Gasteiger partial charge >= 0.3 is 6.18 Å². The Morgan fingerprint density at radius 3 is 2.68 bits per heavy atom. The van der Waals surface area contributed by atoms with Crippen molar-refractivity contribution in [3.05, 3.63) is 45.3 Å². The van der Waals surface area contributed by atoms with Gasteiger partial charge in [0, 0.05) is 35.7 Å². The molecule has 0 saturated carbocycles. The average molecular weight is 459 g/mol. The van der Waals surface area contributed by atoms with Crippen LogP contribution in [0.2, 0.25) is 0 Å². The first-order valence-corrected chi connectivity index (χ1v) is 10.3. The van der Waals surface area contributed by atoms with Crippen LogP contribution >= 0.6 is 15.9 Å². The minimum Gasteiger partial charge on any atom is -0.305 e. The summed E-state index contributed by atoms with van der Waals surface area (Å²) in [6.45, 7) is 7.68. The van der Waals surface area contributed by atoms with Crippen LogP contribution in [-0.2, 0) is 0 Å². The van der Waals surface area contributed by atoms with Crippen molar-refractivity contribution >= 4 is 15.9 Å². The molecular formula is C20H26BrF3N4. The van der Waals surface area contributed by atoms with Gasteiger partial charge in [0.05, 0.1) is 11.3 Å². The SMILES string of the molecule is CC(C)(C)CN1N=NC2=C(Br)C(NCC3=CC(C(F)(F)F)=CCC3)CC=C1C2. The Balaban J connectivity index is 1.69. The third kappa shape index (κ3) is 5.35. The topological polar surface area (TPSA) is 40.0 Å². The van der Waals surface area contributed by atoms with Gasteiger partial charge in [0.1, 0.15) is 0 Å². The van der Waals surface area contributed by atoms with Gasteiger partial charge in [-0.25, -0.2) is 0 Å². The van der Waals surface area contributed by atoms with Gasteiger partial charge in [-0.1, -0.05) is 59.6 Å². The number of allylic oxidation sites excluding steroid dienone is 3. The molecule has 0 aromatic carbocycles. The molecule has 1 aliphatic heterocycles. The van der Waals surface area contributed by atoms with Crippen molar-refractivity contribution in [3.8, 4) is 0 Å². The van der Waals surface area contributed by atoms with Gasteiger partial charge in [0.2, 0.25) is 0 Å². The standard InChI is InChI=1S/C20H26BrF3N4/c1-19(2,3)12-28-15-7-8-16(18(21)17(10-15)26-27-28)25-11-13-5-4-6-14(9-13)20(22,23)24/h6-7,9,16,25H,4-5,8,10-12H2,1-3H3. The van der Waals surface area contributed by atoms with Crippen molar-refractivity contribution < 1.29 is 13.2 Å². The Morgan fingerprint density at radius 1 is 1.25 bits per heavy atom. The molecule has 2 bridgehead atoms. The van der Waals surface area contributed by atoms with E-state index in [0.717, 1.165) is 34.4 Å². The van der Waals surface area contributed by atoms with Gasteiger partial charge in [-0.2, -0.15) is 13.2 Å². The monoisotopic (exact) mass is 458 g/mol. The summed E-state index contributed by atoms with van der Waals surface area (Å²) in [6.07, 6.45) is 2.94. The maximum atomic E-state index is 12.9. The minimum atomic E-state index is -4.28. The highest BCUT2D eigenvalue weighted by Crippen LogP contribution is 2.36. The van der Waals surface area contributed by atoms with Crippen LogP contribution in [0.5, 0.6) is 0 Å². The average Bonchev–Trinajstić information content (AvgIpc) is 2.72. The third-order valence-corrected chi connectivity index (χ3v) is 5.85. The molecule has 154 valence electrons. The van der Waals surface area contributed by atoms with Gasteiger partial charge in [0.15, 0.2) is 0 Å². The fourth-order valence-electron chi connectivity index (χ4n) is 3.44. The highest BCUT2D eigenvalue weighted by Gasteiger charge is 2.33. The Labute approximate surface area is 172 Å². The van der Waals surface area contributed by atoms with Crippen LogP contribution in [0.4, 0.5) is 13.2 Å². The number of nitrogens with zero attached hydrogens (tertiary/aromatic N) is 3. The van der Waals surface area contributed by atoms with E-state index in [2.05, 4.69) is 58.4 Å². The molecule has 1 heterocycles. The van der Waals surface area contributed by atoms with Gasteiger partial charge in [-0.3, -0.25) is 5.01 Å². The largest absolute Gasteiger partial charge is 0.416 e. The first-order valence-electron chi connectivity index (χ1n) is 9.50. The fraction of sp³-hybridized carbons (Fsp3) is 0.600. The van der Waals surface area contributed by atoms with Gasteiger partial charge in [-0.05, 0) is 30.8 Å². The molecule has 3 rings (SSSR count). The van der Waals surface area contributed by atoms with Crippen LogP contribution in [0, 0.1) is 5.41 Å². The van der Waals surface area contributed by atoms with E-state index in [-0.39, 0.29) is 11.5 Å².